The van der Waals surface area contributed by atoms with E-state index in [0.717, 1.165) is 0 Å². The van der Waals surface area contributed by atoms with Gasteiger partial charge in [0, 0.05) is 5.92 Å². The second-order valence-electron chi connectivity index (χ2n) is 6.64. The average molecular weight is 302 g/mol. The number of amides is 1. The van der Waals surface area contributed by atoms with Crippen molar-refractivity contribution in [3.8, 4) is 5.75 Å². The van der Waals surface area contributed by atoms with Crippen LogP contribution in [0.15, 0.2) is 18.2 Å². The molecular weight excluding hydrogens is 284 g/mol. The van der Waals surface area contributed by atoms with Gasteiger partial charge in [-0.1, -0.05) is 0 Å². The highest BCUT2D eigenvalue weighted by molar-refractivity contribution is 5.97. The van der Waals surface area contributed by atoms with Crippen molar-refractivity contribution >= 4 is 17.3 Å². The van der Waals surface area contributed by atoms with Crippen LogP contribution in [0.25, 0.3) is 0 Å². The second kappa shape index (κ2) is 4.69. The molecular formula is C16H18N2O4. The normalized spacial score (nSPS) is 34.1. The lowest BCUT2D eigenvalue weighted by Crippen LogP contribution is -2.19. The molecule has 0 spiro atoms. The summed E-state index contributed by atoms with van der Waals surface area (Å²) in [5.74, 6) is 2.87. The first-order valence-electron chi connectivity index (χ1n) is 7.73. The number of nitrogens with zero attached hydrogens (tertiary/aromatic N) is 1. The molecule has 0 aromatic heterocycles. The zero-order valence-electron chi connectivity index (χ0n) is 12.3. The van der Waals surface area contributed by atoms with Gasteiger partial charge in [-0.05, 0) is 55.1 Å². The Bertz CT molecular complexity index is 644. The minimum atomic E-state index is -0.491. The number of nitro groups is 1. The number of anilines is 1. The van der Waals surface area contributed by atoms with Crippen molar-refractivity contribution in [3.05, 3.63) is 28.3 Å². The quantitative estimate of drug-likeness (QED) is 0.685. The molecule has 3 saturated carbocycles. The molecule has 22 heavy (non-hydrogen) atoms. The summed E-state index contributed by atoms with van der Waals surface area (Å²) in [4.78, 5) is 23.1. The van der Waals surface area contributed by atoms with Gasteiger partial charge >= 0.3 is 0 Å². The Morgan fingerprint density at radius 1 is 1.32 bits per heavy atom. The van der Waals surface area contributed by atoms with Gasteiger partial charge in [0.15, 0.2) is 0 Å². The Morgan fingerprint density at radius 2 is 2.00 bits per heavy atom. The fourth-order valence-electron chi connectivity index (χ4n) is 4.79. The van der Waals surface area contributed by atoms with Gasteiger partial charge in [0.25, 0.3) is 5.69 Å². The van der Waals surface area contributed by atoms with Crippen molar-refractivity contribution in [1.82, 2.24) is 0 Å². The fraction of sp³-hybridized carbons (Fsp3) is 0.562. The summed E-state index contributed by atoms with van der Waals surface area (Å²) in [6, 6.07) is 4.51. The van der Waals surface area contributed by atoms with E-state index in [4.69, 9.17) is 4.74 Å². The standard InChI is InChI=1S/C16H18N2O4/c1-22-10-4-5-11(12(7-10)18(20)21)17-16(19)15-13-8-2-3-9(6-8)14(13)15/h4-5,7-9,13-15H,2-3,6H2,1H3,(H,17,19)/t8-,9-,13-,14+,15?/m1/s1. The van der Waals surface area contributed by atoms with E-state index in [-0.39, 0.29) is 23.2 Å². The molecule has 0 heterocycles. The van der Waals surface area contributed by atoms with E-state index in [1.165, 1.54) is 32.4 Å². The van der Waals surface area contributed by atoms with Crippen molar-refractivity contribution in [3.63, 3.8) is 0 Å². The maximum Gasteiger partial charge on any atom is 0.296 e. The number of benzene rings is 1. The van der Waals surface area contributed by atoms with Crippen LogP contribution < -0.4 is 10.1 Å². The Kier molecular flexibility index (Phi) is 2.89. The van der Waals surface area contributed by atoms with E-state index in [1.807, 2.05) is 0 Å². The van der Waals surface area contributed by atoms with Gasteiger partial charge in [-0.15, -0.1) is 0 Å². The minimum Gasteiger partial charge on any atom is -0.496 e. The summed E-state index contributed by atoms with van der Waals surface area (Å²) >= 11 is 0. The fourth-order valence-corrected chi connectivity index (χ4v) is 4.79. The molecule has 0 aliphatic heterocycles. The number of carbonyl (C=O) groups is 1. The van der Waals surface area contributed by atoms with E-state index < -0.39 is 4.92 Å². The van der Waals surface area contributed by atoms with Gasteiger partial charge in [0.05, 0.1) is 18.1 Å². The summed E-state index contributed by atoms with van der Waals surface area (Å²) in [6.45, 7) is 0. The molecule has 116 valence electrons. The van der Waals surface area contributed by atoms with E-state index in [2.05, 4.69) is 5.32 Å². The maximum absolute atomic E-state index is 12.5. The Balaban J connectivity index is 1.52. The molecule has 3 aliphatic carbocycles. The molecule has 6 nitrogen and oxygen atoms in total. The first-order valence-corrected chi connectivity index (χ1v) is 7.73. The van der Waals surface area contributed by atoms with Crippen LogP contribution >= 0.6 is 0 Å². The Hall–Kier alpha value is -2.11. The summed E-state index contributed by atoms with van der Waals surface area (Å²) in [5, 5.41) is 13.9. The molecule has 0 saturated heterocycles. The number of ether oxygens (including phenoxy) is 1. The molecule has 3 aliphatic rings. The molecule has 1 aromatic carbocycles. The molecule has 5 atom stereocenters. The first-order chi connectivity index (χ1) is 10.6. The minimum absolute atomic E-state index is 0.0557. The maximum atomic E-state index is 12.5. The van der Waals surface area contributed by atoms with E-state index in [9.17, 15) is 14.9 Å². The van der Waals surface area contributed by atoms with Gasteiger partial charge < -0.3 is 10.1 Å². The summed E-state index contributed by atoms with van der Waals surface area (Å²) in [5.41, 5.74) is 0.134. The van der Waals surface area contributed by atoms with Crippen molar-refractivity contribution in [1.29, 1.82) is 0 Å². The lowest BCUT2D eigenvalue weighted by Gasteiger charge is -2.10. The van der Waals surface area contributed by atoms with E-state index in [0.29, 0.717) is 29.4 Å². The van der Waals surface area contributed by atoms with Gasteiger partial charge in [0.1, 0.15) is 11.4 Å². The van der Waals surface area contributed by atoms with Crippen LogP contribution in [0.2, 0.25) is 0 Å². The predicted octanol–water partition coefficient (Wildman–Crippen LogP) is 2.83. The number of carbonyl (C=O) groups excluding carboxylic acids is 1. The van der Waals surface area contributed by atoms with Crippen molar-refractivity contribution in [2.45, 2.75) is 19.3 Å². The summed E-state index contributed by atoms with van der Waals surface area (Å²) in [6.07, 6.45) is 3.78. The summed E-state index contributed by atoms with van der Waals surface area (Å²) in [7, 11) is 1.46. The molecule has 0 radical (unpaired) electrons. The lowest BCUT2D eigenvalue weighted by molar-refractivity contribution is -0.384. The monoisotopic (exact) mass is 302 g/mol. The van der Waals surface area contributed by atoms with Gasteiger partial charge in [0.2, 0.25) is 5.91 Å². The van der Waals surface area contributed by atoms with Crippen LogP contribution in [-0.4, -0.2) is 17.9 Å². The highest BCUT2D eigenvalue weighted by Crippen LogP contribution is 2.69. The topological polar surface area (TPSA) is 81.5 Å². The van der Waals surface area contributed by atoms with Crippen molar-refractivity contribution in [2.24, 2.45) is 29.6 Å². The number of rotatable bonds is 4. The lowest BCUT2D eigenvalue weighted by atomic mass is 10.0. The van der Waals surface area contributed by atoms with E-state index >= 15 is 0 Å². The Morgan fingerprint density at radius 3 is 2.59 bits per heavy atom. The molecule has 1 N–H and O–H groups in total. The van der Waals surface area contributed by atoms with Crippen LogP contribution in [-0.2, 0) is 4.79 Å². The second-order valence-corrected chi connectivity index (χ2v) is 6.64. The molecule has 1 aromatic rings. The third-order valence-corrected chi connectivity index (χ3v) is 5.70. The zero-order chi connectivity index (χ0) is 15.4. The highest BCUT2D eigenvalue weighted by Gasteiger charge is 2.67. The van der Waals surface area contributed by atoms with Crippen LogP contribution in [0.5, 0.6) is 5.75 Å². The molecule has 4 rings (SSSR count). The number of fused-ring (bicyclic) bond motifs is 5. The first kappa shape index (κ1) is 13.5. The van der Waals surface area contributed by atoms with Gasteiger partial charge in [-0.25, -0.2) is 0 Å². The van der Waals surface area contributed by atoms with Crippen molar-refractivity contribution in [2.75, 3.05) is 12.4 Å². The molecule has 6 heteroatoms. The summed E-state index contributed by atoms with van der Waals surface area (Å²) < 4.78 is 5.00. The third kappa shape index (κ3) is 1.90. The number of hydrogen-bond donors (Lipinski definition) is 1. The Labute approximate surface area is 128 Å². The molecule has 1 amide bonds. The van der Waals surface area contributed by atoms with E-state index in [1.54, 1.807) is 12.1 Å². The SMILES string of the molecule is COc1ccc(NC(=O)C2[C@@H]3[C@@H]4CC[C@H](C4)[C@H]23)c([N+](=O)[O-])c1. The van der Waals surface area contributed by atoms with Crippen LogP contribution in [0.1, 0.15) is 19.3 Å². The smallest absolute Gasteiger partial charge is 0.296 e. The third-order valence-electron chi connectivity index (χ3n) is 5.70. The highest BCUT2D eigenvalue weighted by atomic mass is 16.6. The van der Waals surface area contributed by atoms with Crippen LogP contribution in [0, 0.1) is 39.7 Å². The molecule has 3 fully saturated rings. The largest absolute Gasteiger partial charge is 0.496 e. The predicted molar refractivity (Wildman–Crippen MR) is 79.6 cm³/mol. The van der Waals surface area contributed by atoms with Crippen molar-refractivity contribution < 1.29 is 14.5 Å². The number of methoxy groups -OCH3 is 1. The average Bonchev–Trinajstić information content (AvgIpc) is 2.96. The molecule has 2 bridgehead atoms. The van der Waals surface area contributed by atoms with Gasteiger partial charge in [-0.3, -0.25) is 14.9 Å². The number of nitrogens with one attached hydrogen (secondary N) is 1. The number of nitro benzene ring substituents is 1. The van der Waals surface area contributed by atoms with Gasteiger partial charge in [-0.2, -0.15) is 0 Å². The number of hydrogen-bond acceptors (Lipinski definition) is 4. The zero-order valence-corrected chi connectivity index (χ0v) is 12.3. The van der Waals surface area contributed by atoms with Crippen LogP contribution in [0.3, 0.4) is 0 Å². The molecule has 1 unspecified atom stereocenters. The van der Waals surface area contributed by atoms with Crippen LogP contribution in [0.4, 0.5) is 11.4 Å².